The summed E-state index contributed by atoms with van der Waals surface area (Å²) in [4.78, 5) is 0. The second kappa shape index (κ2) is 3.81. The Morgan fingerprint density at radius 2 is 2.00 bits per heavy atom. The van der Waals surface area contributed by atoms with Crippen LogP contribution >= 0.6 is 23.2 Å². The van der Waals surface area contributed by atoms with E-state index in [-0.39, 0.29) is 5.03 Å². The van der Waals surface area contributed by atoms with Crippen LogP contribution in [0.25, 0.3) is 0 Å². The highest BCUT2D eigenvalue weighted by Crippen LogP contribution is 2.07. The molecule has 0 heterocycles. The summed E-state index contributed by atoms with van der Waals surface area (Å²) >= 11 is 10.7. The van der Waals surface area contributed by atoms with Gasteiger partial charge in [-0.2, -0.15) is 0 Å². The second-order valence-corrected chi connectivity index (χ2v) is 2.28. The van der Waals surface area contributed by atoms with Crippen LogP contribution in [0, 0.1) is 0 Å². The molecule has 8 heavy (non-hydrogen) atoms. The van der Waals surface area contributed by atoms with E-state index in [1.807, 2.05) is 0 Å². The Labute approximate surface area is 58.2 Å². The van der Waals surface area contributed by atoms with E-state index in [0.29, 0.717) is 5.03 Å². The predicted octanol–water partition coefficient (Wildman–Crippen LogP) is 2.77. The van der Waals surface area contributed by atoms with Gasteiger partial charge in [-0.3, -0.25) is 0 Å². The van der Waals surface area contributed by atoms with Crippen molar-refractivity contribution in [2.45, 2.75) is 6.92 Å². The third kappa shape index (κ3) is 4.03. The van der Waals surface area contributed by atoms with Gasteiger partial charge in [0.1, 0.15) is 0 Å². The standard InChI is InChI=1S/C5H6Cl2O/c1-4(6)2-5(7)3-8/h2-3,8H,1H3/b4-2+,5-3+. The molecule has 0 rings (SSSR count). The van der Waals surface area contributed by atoms with Crippen molar-refractivity contribution in [1.82, 2.24) is 0 Å². The fourth-order valence-electron chi connectivity index (χ4n) is 0.227. The van der Waals surface area contributed by atoms with Gasteiger partial charge in [0.2, 0.25) is 0 Å². The highest BCUT2D eigenvalue weighted by atomic mass is 35.5. The minimum absolute atomic E-state index is 0.234. The van der Waals surface area contributed by atoms with Crippen LogP contribution in [0.1, 0.15) is 6.92 Å². The largest absolute Gasteiger partial charge is 0.514 e. The predicted molar refractivity (Wildman–Crippen MR) is 36.2 cm³/mol. The van der Waals surface area contributed by atoms with Gasteiger partial charge in [-0.05, 0) is 13.0 Å². The maximum atomic E-state index is 8.19. The van der Waals surface area contributed by atoms with E-state index in [0.717, 1.165) is 6.26 Å². The molecule has 0 aromatic rings. The molecule has 46 valence electrons. The summed E-state index contributed by atoms with van der Waals surface area (Å²) in [5.41, 5.74) is 0. The molecule has 0 spiro atoms. The summed E-state index contributed by atoms with van der Waals surface area (Å²) in [6.45, 7) is 1.67. The summed E-state index contributed by atoms with van der Waals surface area (Å²) in [5.74, 6) is 0. The highest BCUT2D eigenvalue weighted by molar-refractivity contribution is 6.34. The number of hydrogen-bond donors (Lipinski definition) is 1. The number of allylic oxidation sites excluding steroid dienone is 3. The third-order valence-corrected chi connectivity index (χ3v) is 0.776. The Morgan fingerprint density at radius 3 is 2.12 bits per heavy atom. The molecule has 0 amide bonds. The zero-order valence-electron chi connectivity index (χ0n) is 4.36. The molecular formula is C5H6Cl2O. The Bertz CT molecular complexity index is 122. The fourth-order valence-corrected chi connectivity index (χ4v) is 0.564. The van der Waals surface area contributed by atoms with Gasteiger partial charge in [0.25, 0.3) is 0 Å². The lowest BCUT2D eigenvalue weighted by Crippen LogP contribution is -1.63. The summed E-state index contributed by atoms with van der Waals surface area (Å²) in [7, 11) is 0. The van der Waals surface area contributed by atoms with Gasteiger partial charge in [0.15, 0.2) is 0 Å². The number of rotatable bonds is 1. The molecule has 0 saturated heterocycles. The van der Waals surface area contributed by atoms with E-state index in [4.69, 9.17) is 28.3 Å². The van der Waals surface area contributed by atoms with E-state index in [1.165, 1.54) is 6.08 Å². The Morgan fingerprint density at radius 1 is 1.50 bits per heavy atom. The zero-order valence-corrected chi connectivity index (χ0v) is 5.87. The molecule has 0 aromatic carbocycles. The monoisotopic (exact) mass is 152 g/mol. The van der Waals surface area contributed by atoms with Crippen molar-refractivity contribution in [1.29, 1.82) is 0 Å². The van der Waals surface area contributed by atoms with E-state index in [2.05, 4.69) is 0 Å². The highest BCUT2D eigenvalue weighted by Gasteiger charge is 1.83. The number of hydrogen-bond acceptors (Lipinski definition) is 1. The van der Waals surface area contributed by atoms with Gasteiger partial charge in [-0.15, -0.1) is 0 Å². The van der Waals surface area contributed by atoms with Crippen LogP contribution in [0.15, 0.2) is 22.4 Å². The van der Waals surface area contributed by atoms with Gasteiger partial charge >= 0.3 is 0 Å². The van der Waals surface area contributed by atoms with Gasteiger partial charge < -0.3 is 5.11 Å². The molecule has 0 fully saturated rings. The minimum atomic E-state index is 0.234. The second-order valence-electron chi connectivity index (χ2n) is 1.25. The van der Waals surface area contributed by atoms with Crippen LogP contribution in [-0.2, 0) is 0 Å². The first-order valence-electron chi connectivity index (χ1n) is 2.00. The van der Waals surface area contributed by atoms with Crippen LogP contribution in [0.4, 0.5) is 0 Å². The summed E-state index contributed by atoms with van der Waals surface area (Å²) in [5, 5.41) is 8.96. The zero-order chi connectivity index (χ0) is 6.57. The lowest BCUT2D eigenvalue weighted by molar-refractivity contribution is 0.472. The molecule has 0 unspecified atom stereocenters. The van der Waals surface area contributed by atoms with Crippen molar-refractivity contribution in [3.63, 3.8) is 0 Å². The first kappa shape index (κ1) is 7.86. The molecule has 1 nitrogen and oxygen atoms in total. The van der Waals surface area contributed by atoms with E-state index in [1.54, 1.807) is 6.92 Å². The molecule has 1 N–H and O–H groups in total. The lowest BCUT2D eigenvalue weighted by atomic mass is 10.5. The van der Waals surface area contributed by atoms with Crippen LogP contribution in [0.2, 0.25) is 0 Å². The average Bonchev–Trinajstić information content (AvgIpc) is 1.65. The van der Waals surface area contributed by atoms with E-state index in [9.17, 15) is 0 Å². The Balaban J connectivity index is 3.89. The molecule has 0 atom stereocenters. The van der Waals surface area contributed by atoms with Crippen molar-refractivity contribution < 1.29 is 5.11 Å². The molecular weight excluding hydrogens is 147 g/mol. The molecule has 0 aliphatic rings. The van der Waals surface area contributed by atoms with Gasteiger partial charge in [-0.1, -0.05) is 23.2 Å². The van der Waals surface area contributed by atoms with Crippen LogP contribution in [0.5, 0.6) is 0 Å². The normalized spacial score (nSPS) is 14.4. The molecule has 0 aliphatic heterocycles. The number of aliphatic hydroxyl groups is 1. The van der Waals surface area contributed by atoms with Crippen LogP contribution in [-0.4, -0.2) is 5.11 Å². The van der Waals surface area contributed by atoms with Gasteiger partial charge in [0, 0.05) is 5.03 Å². The molecule has 0 radical (unpaired) electrons. The summed E-state index contributed by atoms with van der Waals surface area (Å²) in [6.07, 6.45) is 2.23. The Kier molecular flexibility index (Phi) is 3.75. The number of aliphatic hydroxyl groups excluding tert-OH is 1. The lowest BCUT2D eigenvalue weighted by Gasteiger charge is -1.83. The quantitative estimate of drug-likeness (QED) is 0.453. The minimum Gasteiger partial charge on any atom is -0.514 e. The molecule has 0 aliphatic carbocycles. The number of halogens is 2. The third-order valence-electron chi connectivity index (χ3n) is 0.460. The van der Waals surface area contributed by atoms with E-state index < -0.39 is 0 Å². The first-order valence-corrected chi connectivity index (χ1v) is 2.76. The maximum Gasteiger partial charge on any atom is 0.0978 e. The topological polar surface area (TPSA) is 20.2 Å². The van der Waals surface area contributed by atoms with Crippen molar-refractivity contribution in [3.8, 4) is 0 Å². The van der Waals surface area contributed by atoms with Crippen molar-refractivity contribution in [2.75, 3.05) is 0 Å². The van der Waals surface area contributed by atoms with E-state index >= 15 is 0 Å². The van der Waals surface area contributed by atoms with Crippen LogP contribution in [0.3, 0.4) is 0 Å². The SMILES string of the molecule is C/C(Cl)=C\C(Cl)=C/O. The summed E-state index contributed by atoms with van der Waals surface area (Å²) in [6, 6.07) is 0. The Hall–Kier alpha value is -0.140. The van der Waals surface area contributed by atoms with Crippen molar-refractivity contribution in [2.24, 2.45) is 0 Å². The fraction of sp³-hybridized carbons (Fsp3) is 0.200. The van der Waals surface area contributed by atoms with Crippen molar-refractivity contribution in [3.05, 3.63) is 22.4 Å². The molecule has 0 aromatic heterocycles. The molecule has 0 bridgehead atoms. The summed E-state index contributed by atoms with van der Waals surface area (Å²) < 4.78 is 0. The van der Waals surface area contributed by atoms with Crippen LogP contribution < -0.4 is 0 Å². The first-order chi connectivity index (χ1) is 3.66. The molecule has 3 heteroatoms. The molecule has 0 saturated carbocycles. The van der Waals surface area contributed by atoms with Gasteiger partial charge in [-0.25, -0.2) is 0 Å². The average molecular weight is 153 g/mol. The smallest absolute Gasteiger partial charge is 0.0978 e. The maximum absolute atomic E-state index is 8.19. The van der Waals surface area contributed by atoms with Gasteiger partial charge in [0.05, 0.1) is 11.3 Å². The van der Waals surface area contributed by atoms with Crippen molar-refractivity contribution >= 4 is 23.2 Å².